The van der Waals surface area contributed by atoms with Gasteiger partial charge in [0.15, 0.2) is 0 Å². The molecule has 0 aliphatic carbocycles. The molecular formula is C17H20FN3O4S. The lowest BCUT2D eigenvalue weighted by Gasteiger charge is -2.17. The molecule has 0 bridgehead atoms. The lowest BCUT2D eigenvalue weighted by Crippen LogP contribution is -2.43. The van der Waals surface area contributed by atoms with Crippen molar-refractivity contribution < 1.29 is 23.1 Å². The van der Waals surface area contributed by atoms with E-state index in [2.05, 4.69) is 15.5 Å². The minimum absolute atomic E-state index is 0.0233. The van der Waals surface area contributed by atoms with Gasteiger partial charge in [-0.3, -0.25) is 4.79 Å². The van der Waals surface area contributed by atoms with Crippen LogP contribution in [0.1, 0.15) is 20.3 Å². The third-order valence-electron chi connectivity index (χ3n) is 3.37. The summed E-state index contributed by atoms with van der Waals surface area (Å²) >= 11 is 1.00. The maximum Gasteiger partial charge on any atom is 0.328 e. The number of methoxy groups -OCH3 is 1. The van der Waals surface area contributed by atoms with Crippen LogP contribution in [0.15, 0.2) is 33.9 Å². The van der Waals surface area contributed by atoms with Crippen LogP contribution in [0.3, 0.4) is 0 Å². The Balaban J connectivity index is 1.93. The van der Waals surface area contributed by atoms with Gasteiger partial charge in [0.2, 0.25) is 5.91 Å². The van der Waals surface area contributed by atoms with E-state index in [-0.39, 0.29) is 34.3 Å². The topological polar surface area (TPSA) is 94.3 Å². The molecule has 26 heavy (non-hydrogen) atoms. The van der Waals surface area contributed by atoms with Gasteiger partial charge in [0.1, 0.15) is 11.9 Å². The van der Waals surface area contributed by atoms with E-state index in [1.54, 1.807) is 12.1 Å². The zero-order valence-corrected chi connectivity index (χ0v) is 15.5. The minimum Gasteiger partial charge on any atom is -0.467 e. The van der Waals surface area contributed by atoms with Crippen molar-refractivity contribution in [1.82, 2.24) is 15.5 Å². The number of nitrogens with one attached hydrogen (secondary N) is 1. The quantitative estimate of drug-likeness (QED) is 0.555. The van der Waals surface area contributed by atoms with Gasteiger partial charge in [-0.1, -0.05) is 37.7 Å². The zero-order chi connectivity index (χ0) is 19.1. The van der Waals surface area contributed by atoms with Crippen LogP contribution in [0.25, 0.3) is 11.5 Å². The second-order valence-electron chi connectivity index (χ2n) is 5.91. The van der Waals surface area contributed by atoms with E-state index in [1.807, 2.05) is 13.8 Å². The van der Waals surface area contributed by atoms with Gasteiger partial charge in [-0.05, 0) is 24.5 Å². The number of nitrogens with zero attached hydrogens (tertiary/aromatic N) is 2. The molecule has 0 radical (unpaired) electrons. The molecule has 7 nitrogen and oxygen atoms in total. The number of carbonyl (C=O) groups is 2. The lowest BCUT2D eigenvalue weighted by atomic mass is 10.0. The second-order valence-corrected chi connectivity index (χ2v) is 6.84. The van der Waals surface area contributed by atoms with E-state index >= 15 is 0 Å². The van der Waals surface area contributed by atoms with Crippen LogP contribution in [0.4, 0.5) is 4.39 Å². The van der Waals surface area contributed by atoms with Crippen molar-refractivity contribution in [3.63, 3.8) is 0 Å². The largest absolute Gasteiger partial charge is 0.467 e. The van der Waals surface area contributed by atoms with Crippen molar-refractivity contribution >= 4 is 23.6 Å². The number of ether oxygens (including phenoxy) is 1. The molecule has 1 amide bonds. The summed E-state index contributed by atoms with van der Waals surface area (Å²) in [5.41, 5.74) is 0.194. The van der Waals surface area contributed by atoms with Gasteiger partial charge < -0.3 is 14.5 Å². The van der Waals surface area contributed by atoms with Crippen molar-refractivity contribution in [3.8, 4) is 11.5 Å². The smallest absolute Gasteiger partial charge is 0.328 e. The van der Waals surface area contributed by atoms with Crippen LogP contribution in [-0.2, 0) is 14.3 Å². The van der Waals surface area contributed by atoms with E-state index in [0.29, 0.717) is 6.42 Å². The lowest BCUT2D eigenvalue weighted by molar-refractivity contribution is -0.145. The summed E-state index contributed by atoms with van der Waals surface area (Å²) in [4.78, 5) is 23.8. The third kappa shape index (κ3) is 5.55. The summed E-state index contributed by atoms with van der Waals surface area (Å²) in [5, 5.41) is 10.3. The first-order valence-corrected chi connectivity index (χ1v) is 8.97. The molecule has 140 valence electrons. The van der Waals surface area contributed by atoms with Crippen molar-refractivity contribution in [1.29, 1.82) is 0 Å². The highest BCUT2D eigenvalue weighted by molar-refractivity contribution is 7.99. The molecule has 2 rings (SSSR count). The number of aromatic nitrogens is 2. The Morgan fingerprint density at radius 1 is 1.31 bits per heavy atom. The molecule has 1 N–H and O–H groups in total. The first-order chi connectivity index (χ1) is 12.4. The summed E-state index contributed by atoms with van der Waals surface area (Å²) in [6.07, 6.45) is 0.473. The Morgan fingerprint density at radius 2 is 2.04 bits per heavy atom. The number of rotatable bonds is 8. The first kappa shape index (κ1) is 19.9. The van der Waals surface area contributed by atoms with Crippen LogP contribution < -0.4 is 5.32 Å². The summed E-state index contributed by atoms with van der Waals surface area (Å²) in [6, 6.07) is 5.33. The Bertz CT molecular complexity index is 766. The molecule has 2 aromatic rings. The SMILES string of the molecule is COC(=O)[C@@H](CC(C)C)NC(=O)CSc1nnc(-c2ccccc2F)o1. The molecule has 0 spiro atoms. The molecule has 0 saturated carbocycles. The summed E-state index contributed by atoms with van der Waals surface area (Å²) in [6.45, 7) is 3.89. The Morgan fingerprint density at radius 3 is 2.69 bits per heavy atom. The fourth-order valence-electron chi connectivity index (χ4n) is 2.20. The molecule has 1 aromatic carbocycles. The summed E-state index contributed by atoms with van der Waals surface area (Å²) in [5.74, 6) is -1.09. The summed E-state index contributed by atoms with van der Waals surface area (Å²) in [7, 11) is 1.28. The molecule has 0 fully saturated rings. The van der Waals surface area contributed by atoms with Gasteiger partial charge >= 0.3 is 5.97 Å². The normalized spacial score (nSPS) is 12.0. The molecular weight excluding hydrogens is 361 g/mol. The van der Waals surface area contributed by atoms with Crippen molar-refractivity contribution in [2.24, 2.45) is 5.92 Å². The highest BCUT2D eigenvalue weighted by Gasteiger charge is 2.23. The standard InChI is InChI=1S/C17H20FN3O4S/c1-10(2)8-13(16(23)24-3)19-14(22)9-26-17-21-20-15(25-17)11-6-4-5-7-12(11)18/h4-7,10,13H,8-9H2,1-3H3,(H,19,22)/t13-/m1/s1. The monoisotopic (exact) mass is 381 g/mol. The number of thioether (sulfide) groups is 1. The van der Waals surface area contributed by atoms with E-state index in [0.717, 1.165) is 11.8 Å². The summed E-state index contributed by atoms with van der Waals surface area (Å²) < 4.78 is 23.8. The number of benzene rings is 1. The molecule has 9 heteroatoms. The van der Waals surface area contributed by atoms with E-state index < -0.39 is 17.8 Å². The Labute approximate surface area is 154 Å². The van der Waals surface area contributed by atoms with Gasteiger partial charge in [-0.2, -0.15) is 0 Å². The van der Waals surface area contributed by atoms with Crippen LogP contribution in [0.5, 0.6) is 0 Å². The molecule has 0 saturated heterocycles. The number of esters is 1. The van der Waals surface area contributed by atoms with Gasteiger partial charge in [0.05, 0.1) is 18.4 Å². The predicted molar refractivity (Wildman–Crippen MR) is 93.8 cm³/mol. The van der Waals surface area contributed by atoms with E-state index in [4.69, 9.17) is 9.15 Å². The fraction of sp³-hybridized carbons (Fsp3) is 0.412. The fourth-order valence-corrected chi connectivity index (χ4v) is 2.78. The molecule has 1 atom stereocenters. The Kier molecular flexibility index (Phi) is 7.14. The number of carbonyl (C=O) groups excluding carboxylic acids is 2. The molecule has 0 aliphatic rings. The van der Waals surface area contributed by atoms with Crippen molar-refractivity contribution in [3.05, 3.63) is 30.1 Å². The molecule has 1 aromatic heterocycles. The third-order valence-corrected chi connectivity index (χ3v) is 4.18. The Hall–Kier alpha value is -2.42. The van der Waals surface area contributed by atoms with E-state index in [9.17, 15) is 14.0 Å². The van der Waals surface area contributed by atoms with Gasteiger partial charge in [-0.25, -0.2) is 9.18 Å². The molecule has 0 aliphatic heterocycles. The predicted octanol–water partition coefficient (Wildman–Crippen LogP) is 2.67. The maximum absolute atomic E-state index is 13.7. The van der Waals surface area contributed by atoms with Gasteiger partial charge in [-0.15, -0.1) is 10.2 Å². The number of hydrogen-bond donors (Lipinski definition) is 1. The highest BCUT2D eigenvalue weighted by atomic mass is 32.2. The van der Waals surface area contributed by atoms with Gasteiger partial charge in [0.25, 0.3) is 11.1 Å². The van der Waals surface area contributed by atoms with Crippen LogP contribution in [0, 0.1) is 11.7 Å². The number of hydrogen-bond acceptors (Lipinski definition) is 7. The number of halogens is 1. The van der Waals surface area contributed by atoms with Crippen LogP contribution in [0.2, 0.25) is 0 Å². The average Bonchev–Trinajstić information content (AvgIpc) is 3.07. The van der Waals surface area contributed by atoms with Crippen molar-refractivity contribution in [2.45, 2.75) is 31.5 Å². The van der Waals surface area contributed by atoms with E-state index in [1.165, 1.54) is 19.2 Å². The molecule has 0 unspecified atom stereocenters. The first-order valence-electron chi connectivity index (χ1n) is 7.99. The zero-order valence-electron chi connectivity index (χ0n) is 14.7. The van der Waals surface area contributed by atoms with Crippen molar-refractivity contribution in [2.75, 3.05) is 12.9 Å². The number of amides is 1. The second kappa shape index (κ2) is 9.33. The van der Waals surface area contributed by atoms with Crippen LogP contribution >= 0.6 is 11.8 Å². The minimum atomic E-state index is -0.704. The van der Waals surface area contributed by atoms with Crippen LogP contribution in [-0.4, -0.2) is 41.0 Å². The highest BCUT2D eigenvalue weighted by Crippen LogP contribution is 2.24. The maximum atomic E-state index is 13.7. The average molecular weight is 381 g/mol. The van der Waals surface area contributed by atoms with Gasteiger partial charge in [0, 0.05) is 0 Å². The molecule has 1 heterocycles.